The molecular formula is C26H26N2O6S. The van der Waals surface area contributed by atoms with Crippen molar-refractivity contribution in [2.24, 2.45) is 5.92 Å². The Morgan fingerprint density at radius 3 is 2.51 bits per heavy atom. The van der Waals surface area contributed by atoms with E-state index in [9.17, 15) is 18.0 Å². The Morgan fingerprint density at radius 2 is 1.71 bits per heavy atom. The molecule has 9 heteroatoms. The van der Waals surface area contributed by atoms with Crippen LogP contribution in [0.1, 0.15) is 12.8 Å². The van der Waals surface area contributed by atoms with Crippen molar-refractivity contribution in [2.75, 3.05) is 31.6 Å². The molecule has 8 nitrogen and oxygen atoms in total. The molecule has 0 N–H and O–H groups in total. The van der Waals surface area contributed by atoms with Crippen molar-refractivity contribution in [1.82, 2.24) is 4.31 Å². The molecule has 0 radical (unpaired) electrons. The van der Waals surface area contributed by atoms with Crippen molar-refractivity contribution in [2.45, 2.75) is 23.8 Å². The first-order chi connectivity index (χ1) is 16.9. The van der Waals surface area contributed by atoms with E-state index in [2.05, 4.69) is 0 Å². The molecule has 2 aliphatic rings. The molecule has 0 spiro atoms. The highest BCUT2D eigenvalue weighted by Crippen LogP contribution is 2.36. The summed E-state index contributed by atoms with van der Waals surface area (Å²) in [6, 6.07) is 19.7. The Bertz CT molecular complexity index is 1390. The number of nitrogens with zero attached hydrogens (tertiary/aromatic N) is 2. The van der Waals surface area contributed by atoms with E-state index in [0.717, 1.165) is 10.8 Å². The van der Waals surface area contributed by atoms with Gasteiger partial charge in [-0.2, -0.15) is 4.31 Å². The van der Waals surface area contributed by atoms with Crippen LogP contribution in [0.25, 0.3) is 10.8 Å². The molecule has 5 rings (SSSR count). The number of rotatable bonds is 4. The monoisotopic (exact) mass is 494 g/mol. The molecule has 0 saturated carbocycles. The SMILES string of the molecule is COC(=O)[C@H]1CN(C(=O)[C@@H]2CCCN(S(=O)(=O)c3ccc4ccccc4c3)C2)c2ccccc2O1. The second-order valence-corrected chi connectivity index (χ2v) is 10.7. The van der Waals surface area contributed by atoms with Gasteiger partial charge in [-0.3, -0.25) is 4.79 Å². The van der Waals surface area contributed by atoms with Crippen molar-refractivity contribution in [1.29, 1.82) is 0 Å². The quantitative estimate of drug-likeness (QED) is 0.517. The summed E-state index contributed by atoms with van der Waals surface area (Å²) in [4.78, 5) is 27.6. The molecule has 0 aromatic heterocycles. The van der Waals surface area contributed by atoms with Gasteiger partial charge in [-0.05, 0) is 47.9 Å². The lowest BCUT2D eigenvalue weighted by atomic mass is 9.97. The third kappa shape index (κ3) is 4.37. The number of methoxy groups -OCH3 is 1. The zero-order valence-electron chi connectivity index (χ0n) is 19.3. The number of piperidine rings is 1. The van der Waals surface area contributed by atoms with Crippen molar-refractivity contribution < 1.29 is 27.5 Å². The predicted octanol–water partition coefficient (Wildman–Crippen LogP) is 3.21. The fourth-order valence-electron chi connectivity index (χ4n) is 4.76. The fourth-order valence-corrected chi connectivity index (χ4v) is 6.32. The molecule has 182 valence electrons. The van der Waals surface area contributed by atoms with Crippen LogP contribution in [-0.4, -0.2) is 57.4 Å². The summed E-state index contributed by atoms with van der Waals surface area (Å²) < 4.78 is 38.9. The van der Waals surface area contributed by atoms with Crippen LogP contribution >= 0.6 is 0 Å². The van der Waals surface area contributed by atoms with Gasteiger partial charge in [0.1, 0.15) is 5.75 Å². The minimum atomic E-state index is -3.78. The average molecular weight is 495 g/mol. The van der Waals surface area contributed by atoms with Crippen LogP contribution in [0.3, 0.4) is 0 Å². The molecule has 2 aliphatic heterocycles. The number of para-hydroxylation sites is 2. The van der Waals surface area contributed by atoms with Crippen molar-refractivity contribution in [3.05, 3.63) is 66.7 Å². The lowest BCUT2D eigenvalue weighted by molar-refractivity contribution is -0.148. The summed E-state index contributed by atoms with van der Waals surface area (Å²) in [5.74, 6) is -0.920. The zero-order valence-corrected chi connectivity index (χ0v) is 20.1. The number of hydrogen-bond acceptors (Lipinski definition) is 6. The predicted molar refractivity (Wildman–Crippen MR) is 131 cm³/mol. The number of ether oxygens (including phenoxy) is 2. The van der Waals surface area contributed by atoms with E-state index < -0.39 is 28.0 Å². The van der Waals surface area contributed by atoms with Gasteiger partial charge in [-0.1, -0.05) is 42.5 Å². The minimum absolute atomic E-state index is 0.0104. The first-order valence-electron chi connectivity index (χ1n) is 11.5. The van der Waals surface area contributed by atoms with Crippen LogP contribution in [0.2, 0.25) is 0 Å². The van der Waals surface area contributed by atoms with Crippen LogP contribution in [0, 0.1) is 5.92 Å². The van der Waals surface area contributed by atoms with E-state index in [0.29, 0.717) is 30.8 Å². The molecule has 3 aromatic rings. The number of carbonyl (C=O) groups is 2. The molecule has 1 saturated heterocycles. The maximum atomic E-state index is 13.7. The lowest BCUT2D eigenvalue weighted by Crippen LogP contribution is -2.52. The first-order valence-corrected chi connectivity index (χ1v) is 13.0. The number of fused-ring (bicyclic) bond motifs is 2. The van der Waals surface area contributed by atoms with Crippen molar-refractivity contribution in [3.63, 3.8) is 0 Å². The molecule has 0 aliphatic carbocycles. The molecule has 2 heterocycles. The Morgan fingerprint density at radius 1 is 0.971 bits per heavy atom. The van der Waals surface area contributed by atoms with Gasteiger partial charge in [-0.15, -0.1) is 0 Å². The van der Waals surface area contributed by atoms with Crippen LogP contribution in [0.5, 0.6) is 5.75 Å². The van der Waals surface area contributed by atoms with E-state index in [-0.39, 0.29) is 23.9 Å². The van der Waals surface area contributed by atoms with E-state index in [4.69, 9.17) is 9.47 Å². The van der Waals surface area contributed by atoms with Crippen LogP contribution in [0.4, 0.5) is 5.69 Å². The molecule has 0 bridgehead atoms. The van der Waals surface area contributed by atoms with E-state index in [1.54, 1.807) is 42.5 Å². The molecule has 1 fully saturated rings. The van der Waals surface area contributed by atoms with Gasteiger partial charge in [0.15, 0.2) is 0 Å². The molecule has 35 heavy (non-hydrogen) atoms. The number of sulfonamides is 1. The highest BCUT2D eigenvalue weighted by atomic mass is 32.2. The van der Waals surface area contributed by atoms with Gasteiger partial charge in [0.25, 0.3) is 0 Å². The highest BCUT2D eigenvalue weighted by molar-refractivity contribution is 7.89. The third-order valence-electron chi connectivity index (χ3n) is 6.60. The molecule has 2 atom stereocenters. The van der Waals surface area contributed by atoms with E-state index in [1.165, 1.54) is 16.3 Å². The maximum Gasteiger partial charge on any atom is 0.348 e. The second-order valence-electron chi connectivity index (χ2n) is 8.76. The van der Waals surface area contributed by atoms with Gasteiger partial charge in [0.05, 0.1) is 30.2 Å². The number of amides is 1. The Labute approximate surface area is 204 Å². The van der Waals surface area contributed by atoms with Gasteiger partial charge in [-0.25, -0.2) is 13.2 Å². The zero-order chi connectivity index (χ0) is 24.6. The van der Waals surface area contributed by atoms with E-state index >= 15 is 0 Å². The Kier molecular flexibility index (Phi) is 6.21. The second kappa shape index (κ2) is 9.31. The number of anilines is 1. The summed E-state index contributed by atoms with van der Waals surface area (Å²) in [5.41, 5.74) is 0.562. The molecule has 0 unspecified atom stereocenters. The minimum Gasteiger partial charge on any atom is -0.475 e. The summed E-state index contributed by atoms with van der Waals surface area (Å²) in [7, 11) is -2.50. The van der Waals surface area contributed by atoms with Gasteiger partial charge in [0, 0.05) is 13.1 Å². The smallest absolute Gasteiger partial charge is 0.348 e. The number of esters is 1. The summed E-state index contributed by atoms with van der Waals surface area (Å²) in [5, 5.41) is 1.81. The Balaban J connectivity index is 1.40. The van der Waals surface area contributed by atoms with Gasteiger partial charge >= 0.3 is 5.97 Å². The maximum absolute atomic E-state index is 13.7. The third-order valence-corrected chi connectivity index (χ3v) is 8.46. The van der Waals surface area contributed by atoms with Crippen molar-refractivity contribution >= 4 is 38.4 Å². The summed E-state index contributed by atoms with van der Waals surface area (Å²) in [6.45, 7) is 0.441. The number of benzene rings is 3. The molecule has 1 amide bonds. The highest BCUT2D eigenvalue weighted by Gasteiger charge is 2.40. The Hall–Kier alpha value is -3.43. The van der Waals surface area contributed by atoms with E-state index in [1.807, 2.05) is 24.3 Å². The average Bonchev–Trinajstić information content (AvgIpc) is 2.91. The number of hydrogen-bond donors (Lipinski definition) is 0. The molecular weight excluding hydrogens is 468 g/mol. The van der Waals surface area contributed by atoms with Gasteiger partial charge in [0.2, 0.25) is 22.0 Å². The largest absolute Gasteiger partial charge is 0.475 e. The van der Waals surface area contributed by atoms with Gasteiger partial charge < -0.3 is 14.4 Å². The fraction of sp³-hybridized carbons (Fsp3) is 0.308. The standard InChI is InChI=1S/C26H26N2O6S/c1-33-26(30)24-17-28(22-10-4-5-11-23(22)34-24)25(29)20-9-6-14-27(16-20)35(31,32)21-13-12-18-7-2-3-8-19(18)15-21/h2-5,7-8,10-13,15,20,24H,6,9,14,16-17H2,1H3/t20-,24-/m1/s1. The van der Waals surface area contributed by atoms with Crippen molar-refractivity contribution in [3.8, 4) is 5.75 Å². The lowest BCUT2D eigenvalue weighted by Gasteiger charge is -2.38. The summed E-state index contributed by atoms with van der Waals surface area (Å²) in [6.07, 6.45) is 0.181. The topological polar surface area (TPSA) is 93.2 Å². The first kappa shape index (κ1) is 23.3. The number of carbonyl (C=O) groups excluding carboxylic acids is 2. The molecule has 3 aromatic carbocycles. The summed E-state index contributed by atoms with van der Waals surface area (Å²) >= 11 is 0. The van der Waals surface area contributed by atoms with Crippen LogP contribution in [-0.2, 0) is 24.3 Å². The van der Waals surface area contributed by atoms with Crippen LogP contribution in [0.15, 0.2) is 71.6 Å². The van der Waals surface area contributed by atoms with Crippen LogP contribution < -0.4 is 9.64 Å². The normalized spacial score (nSPS) is 20.7.